The summed E-state index contributed by atoms with van der Waals surface area (Å²) in [7, 11) is 1.60. The monoisotopic (exact) mass is 390 g/mol. The molecule has 3 unspecified atom stereocenters. The highest BCUT2D eigenvalue weighted by Gasteiger charge is 2.53. The van der Waals surface area contributed by atoms with Crippen molar-refractivity contribution in [3.05, 3.63) is 64.7 Å². The van der Waals surface area contributed by atoms with E-state index in [-0.39, 0.29) is 5.56 Å². The maximum absolute atomic E-state index is 11.0. The topological polar surface area (TPSA) is 120 Å². The molecular formula is C21H26O7. The highest BCUT2D eigenvalue weighted by atomic mass is 16.7. The first-order chi connectivity index (χ1) is 13.3. The van der Waals surface area contributed by atoms with Crippen LogP contribution in [0.4, 0.5) is 0 Å². The minimum atomic E-state index is -2.26. The maximum atomic E-state index is 11.0. The summed E-state index contributed by atoms with van der Waals surface area (Å²) >= 11 is 0. The summed E-state index contributed by atoms with van der Waals surface area (Å²) in [4.78, 5) is 0. The number of aliphatic hydroxyl groups is 5. The van der Waals surface area contributed by atoms with Crippen LogP contribution in [-0.4, -0.2) is 63.7 Å². The molecule has 1 aliphatic rings. The molecule has 3 rings (SSSR count). The summed E-state index contributed by atoms with van der Waals surface area (Å²) in [6.07, 6.45) is -5.60. The molecule has 5 N–H and O–H groups in total. The molecule has 7 heteroatoms. The van der Waals surface area contributed by atoms with Gasteiger partial charge in [-0.1, -0.05) is 24.3 Å². The van der Waals surface area contributed by atoms with E-state index in [1.54, 1.807) is 25.3 Å². The van der Waals surface area contributed by atoms with Gasteiger partial charge < -0.3 is 35.0 Å². The van der Waals surface area contributed by atoms with Crippen LogP contribution >= 0.6 is 0 Å². The lowest BCUT2D eigenvalue weighted by molar-refractivity contribution is -0.357. The number of hydrogen-bond acceptors (Lipinski definition) is 7. The van der Waals surface area contributed by atoms with Gasteiger partial charge in [0.15, 0.2) is 0 Å². The second-order valence-electron chi connectivity index (χ2n) is 7.13. The smallest absolute Gasteiger partial charge is 0.222 e. The van der Waals surface area contributed by atoms with Gasteiger partial charge in [0, 0.05) is 5.56 Å². The van der Waals surface area contributed by atoms with E-state index in [0.29, 0.717) is 6.42 Å². The lowest BCUT2D eigenvalue weighted by Gasteiger charge is -2.45. The van der Waals surface area contributed by atoms with Crippen LogP contribution in [0.25, 0.3) is 0 Å². The Kier molecular flexibility index (Phi) is 6.04. The minimum absolute atomic E-state index is 0.235. The third kappa shape index (κ3) is 3.77. The fraction of sp³-hybridized carbons (Fsp3) is 0.429. The van der Waals surface area contributed by atoms with Crippen molar-refractivity contribution in [2.75, 3.05) is 13.7 Å². The SMILES string of the molecule is COc1ccc(Cc2cc(C3(O)OC(CO)[C@@H](O)C(O)[C@H]3O)ccc2C)cc1. The van der Waals surface area contributed by atoms with E-state index in [1.807, 2.05) is 31.2 Å². The van der Waals surface area contributed by atoms with Crippen molar-refractivity contribution in [1.29, 1.82) is 0 Å². The molecule has 0 radical (unpaired) electrons. The molecule has 28 heavy (non-hydrogen) atoms. The largest absolute Gasteiger partial charge is 0.497 e. The Morgan fingerprint density at radius 1 is 1.04 bits per heavy atom. The molecule has 0 bridgehead atoms. The molecule has 1 heterocycles. The van der Waals surface area contributed by atoms with Crippen LogP contribution in [0.2, 0.25) is 0 Å². The Labute approximate surface area is 163 Å². The molecular weight excluding hydrogens is 364 g/mol. The number of aliphatic hydroxyl groups excluding tert-OH is 4. The van der Waals surface area contributed by atoms with E-state index in [4.69, 9.17) is 9.47 Å². The fourth-order valence-electron chi connectivity index (χ4n) is 3.44. The van der Waals surface area contributed by atoms with E-state index >= 15 is 0 Å². The van der Waals surface area contributed by atoms with Gasteiger partial charge in [0.2, 0.25) is 5.79 Å². The summed E-state index contributed by atoms with van der Waals surface area (Å²) in [5.41, 5.74) is 3.14. The summed E-state index contributed by atoms with van der Waals surface area (Å²) in [6.45, 7) is 1.32. The van der Waals surface area contributed by atoms with Gasteiger partial charge in [-0.05, 0) is 48.2 Å². The predicted octanol–water partition coefficient (Wildman–Crippen LogP) is 0.213. The lowest BCUT2D eigenvalue weighted by Crippen LogP contribution is -2.63. The quantitative estimate of drug-likeness (QED) is 0.495. The van der Waals surface area contributed by atoms with Crippen molar-refractivity contribution >= 4 is 0 Å². The van der Waals surface area contributed by atoms with Gasteiger partial charge in [-0.2, -0.15) is 0 Å². The number of hydrogen-bond donors (Lipinski definition) is 5. The zero-order chi connectivity index (χ0) is 20.5. The first-order valence-electron chi connectivity index (χ1n) is 9.08. The summed E-state index contributed by atoms with van der Waals surface area (Å²) in [5.74, 6) is -1.50. The first-order valence-corrected chi connectivity index (χ1v) is 9.08. The van der Waals surface area contributed by atoms with Crippen molar-refractivity contribution in [3.8, 4) is 5.75 Å². The van der Waals surface area contributed by atoms with Crippen LogP contribution in [0.15, 0.2) is 42.5 Å². The van der Waals surface area contributed by atoms with Crippen molar-refractivity contribution in [3.63, 3.8) is 0 Å². The van der Waals surface area contributed by atoms with Crippen molar-refractivity contribution in [2.24, 2.45) is 0 Å². The van der Waals surface area contributed by atoms with Gasteiger partial charge in [0.1, 0.15) is 30.2 Å². The number of aryl methyl sites for hydroxylation is 1. The fourth-order valence-corrected chi connectivity index (χ4v) is 3.44. The maximum Gasteiger partial charge on any atom is 0.222 e. The molecule has 0 saturated carbocycles. The number of methoxy groups -OCH3 is 1. The molecule has 5 atom stereocenters. The average Bonchev–Trinajstić information content (AvgIpc) is 2.71. The van der Waals surface area contributed by atoms with Crippen LogP contribution in [0, 0.1) is 6.92 Å². The third-order valence-electron chi connectivity index (χ3n) is 5.28. The van der Waals surface area contributed by atoms with E-state index in [2.05, 4.69) is 0 Å². The van der Waals surface area contributed by atoms with Gasteiger partial charge in [0.25, 0.3) is 0 Å². The molecule has 0 aromatic heterocycles. The average molecular weight is 390 g/mol. The zero-order valence-electron chi connectivity index (χ0n) is 15.8. The number of ether oxygens (including phenoxy) is 2. The standard InChI is InChI=1S/C21H26O7/c1-12-3-6-15(10-14(12)9-13-4-7-16(27-2)8-5-13)21(26)20(25)19(24)18(23)17(11-22)28-21/h3-8,10,17-20,22-26H,9,11H2,1-2H3/t17?,18-,19?,20-,21?/m1/s1. The van der Waals surface area contributed by atoms with E-state index in [9.17, 15) is 25.5 Å². The predicted molar refractivity (Wildman–Crippen MR) is 101 cm³/mol. The first kappa shape index (κ1) is 20.7. The van der Waals surface area contributed by atoms with Crippen molar-refractivity contribution in [1.82, 2.24) is 0 Å². The Hall–Kier alpha value is -2.00. The molecule has 2 aromatic carbocycles. The second-order valence-corrected chi connectivity index (χ2v) is 7.13. The van der Waals surface area contributed by atoms with Crippen LogP contribution in [0.5, 0.6) is 5.75 Å². The molecule has 0 spiro atoms. The van der Waals surface area contributed by atoms with E-state index < -0.39 is 36.8 Å². The van der Waals surface area contributed by atoms with Crippen molar-refractivity contribution in [2.45, 2.75) is 43.5 Å². The Morgan fingerprint density at radius 3 is 2.32 bits per heavy atom. The molecule has 1 fully saturated rings. The van der Waals surface area contributed by atoms with Gasteiger partial charge in [0.05, 0.1) is 13.7 Å². The van der Waals surface area contributed by atoms with Crippen LogP contribution in [0.1, 0.15) is 22.3 Å². The molecule has 0 amide bonds. The van der Waals surface area contributed by atoms with Gasteiger partial charge in [-0.3, -0.25) is 0 Å². The summed E-state index contributed by atoms with van der Waals surface area (Å²) in [5, 5.41) is 50.7. The molecule has 7 nitrogen and oxygen atoms in total. The molecule has 0 aliphatic carbocycles. The van der Waals surface area contributed by atoms with Crippen molar-refractivity contribution < 1.29 is 35.0 Å². The zero-order valence-corrected chi connectivity index (χ0v) is 15.8. The summed E-state index contributed by atoms with van der Waals surface area (Å²) in [6, 6.07) is 12.7. The highest BCUT2D eigenvalue weighted by molar-refractivity contribution is 5.39. The molecule has 1 aliphatic heterocycles. The Bertz CT molecular complexity index is 805. The minimum Gasteiger partial charge on any atom is -0.497 e. The molecule has 2 aromatic rings. The molecule has 152 valence electrons. The highest BCUT2D eigenvalue weighted by Crippen LogP contribution is 2.37. The van der Waals surface area contributed by atoms with Crippen LogP contribution in [0.3, 0.4) is 0 Å². The van der Waals surface area contributed by atoms with E-state index in [1.165, 1.54) is 0 Å². The number of rotatable bonds is 5. The van der Waals surface area contributed by atoms with Crippen LogP contribution < -0.4 is 4.74 Å². The number of benzene rings is 2. The normalized spacial score (nSPS) is 30.2. The summed E-state index contributed by atoms with van der Waals surface area (Å²) < 4.78 is 10.6. The Morgan fingerprint density at radius 2 is 1.71 bits per heavy atom. The lowest BCUT2D eigenvalue weighted by atomic mass is 9.86. The third-order valence-corrected chi connectivity index (χ3v) is 5.28. The van der Waals surface area contributed by atoms with Gasteiger partial charge >= 0.3 is 0 Å². The van der Waals surface area contributed by atoms with Crippen LogP contribution in [-0.2, 0) is 16.9 Å². The van der Waals surface area contributed by atoms with E-state index in [0.717, 1.165) is 22.4 Å². The van der Waals surface area contributed by atoms with Gasteiger partial charge in [-0.15, -0.1) is 0 Å². The molecule has 1 saturated heterocycles. The van der Waals surface area contributed by atoms with Gasteiger partial charge in [-0.25, -0.2) is 0 Å². The second kappa shape index (κ2) is 8.16. The Balaban J connectivity index is 1.92.